The molecule has 1 saturated heterocycles. The largest absolute Gasteiger partial charge is 0.494 e. The maximum atomic E-state index is 12.8. The molecule has 1 aliphatic heterocycles. The highest BCUT2D eigenvalue weighted by Crippen LogP contribution is 2.31. The zero-order chi connectivity index (χ0) is 22.7. The molecule has 1 aliphatic rings. The normalized spacial score (nSPS) is 17.2. The smallest absolute Gasteiger partial charge is 0.322 e. The van der Waals surface area contributed by atoms with E-state index in [0.29, 0.717) is 35.9 Å². The Morgan fingerprint density at radius 1 is 1.28 bits per heavy atom. The van der Waals surface area contributed by atoms with Crippen LogP contribution in [0.2, 0.25) is 4.34 Å². The summed E-state index contributed by atoms with van der Waals surface area (Å²) >= 11 is 6.88. The number of hydrogen-bond donors (Lipinski definition) is 1. The van der Waals surface area contributed by atoms with Crippen LogP contribution in [-0.2, 0) is 14.8 Å². The first kappa shape index (κ1) is 22.7. The van der Waals surface area contributed by atoms with Gasteiger partial charge in [0.25, 0.3) is 10.0 Å². The van der Waals surface area contributed by atoms with Crippen LogP contribution in [-0.4, -0.2) is 48.5 Å². The van der Waals surface area contributed by atoms with E-state index in [1.165, 1.54) is 10.4 Å². The Morgan fingerprint density at radius 3 is 2.75 bits per heavy atom. The number of thiophene rings is 1. The van der Waals surface area contributed by atoms with Gasteiger partial charge in [-0.2, -0.15) is 4.31 Å². The van der Waals surface area contributed by atoms with Gasteiger partial charge in [0.05, 0.1) is 16.9 Å². The van der Waals surface area contributed by atoms with Gasteiger partial charge in [-0.05, 0) is 56.2 Å². The van der Waals surface area contributed by atoms with Gasteiger partial charge in [-0.1, -0.05) is 16.7 Å². The molecule has 32 heavy (non-hydrogen) atoms. The molecule has 0 saturated carbocycles. The summed E-state index contributed by atoms with van der Waals surface area (Å²) in [4.78, 5) is 12.7. The molecule has 1 aromatic carbocycles. The number of benzene rings is 1. The molecule has 12 heteroatoms. The minimum Gasteiger partial charge on any atom is -0.494 e. The van der Waals surface area contributed by atoms with E-state index in [2.05, 4.69) is 15.5 Å². The van der Waals surface area contributed by atoms with Crippen molar-refractivity contribution in [3.63, 3.8) is 0 Å². The van der Waals surface area contributed by atoms with E-state index in [1.54, 1.807) is 30.3 Å². The van der Waals surface area contributed by atoms with Gasteiger partial charge in [0.15, 0.2) is 0 Å². The van der Waals surface area contributed by atoms with Gasteiger partial charge < -0.3 is 9.15 Å². The van der Waals surface area contributed by atoms with Gasteiger partial charge >= 0.3 is 6.01 Å². The third-order valence-electron chi connectivity index (χ3n) is 4.97. The van der Waals surface area contributed by atoms with Crippen molar-refractivity contribution >= 4 is 44.9 Å². The first-order chi connectivity index (χ1) is 15.4. The van der Waals surface area contributed by atoms with Crippen molar-refractivity contribution in [2.75, 3.05) is 25.0 Å². The Bertz CT molecular complexity index is 1190. The van der Waals surface area contributed by atoms with Crippen LogP contribution in [0.15, 0.2) is 45.0 Å². The lowest BCUT2D eigenvalue weighted by molar-refractivity contribution is -0.121. The first-order valence-electron chi connectivity index (χ1n) is 10.00. The fourth-order valence-electron chi connectivity index (χ4n) is 3.40. The maximum absolute atomic E-state index is 12.8. The lowest BCUT2D eigenvalue weighted by Crippen LogP contribution is -2.43. The molecular formula is C20H21ClN4O5S2. The molecule has 3 heterocycles. The predicted molar refractivity (Wildman–Crippen MR) is 120 cm³/mol. The van der Waals surface area contributed by atoms with E-state index < -0.39 is 15.9 Å². The Kier molecular flexibility index (Phi) is 6.79. The summed E-state index contributed by atoms with van der Waals surface area (Å²) in [5.74, 6) is 0.0856. The summed E-state index contributed by atoms with van der Waals surface area (Å²) in [6.07, 6.45) is 1.13. The average molecular weight is 497 g/mol. The number of anilines is 1. The number of hydrogen-bond acceptors (Lipinski definition) is 8. The molecule has 1 fully saturated rings. The molecule has 3 aromatic rings. The fourth-order valence-corrected chi connectivity index (χ4v) is 6.56. The van der Waals surface area contributed by atoms with Crippen molar-refractivity contribution < 1.29 is 22.4 Å². The predicted octanol–water partition coefficient (Wildman–Crippen LogP) is 3.89. The summed E-state index contributed by atoms with van der Waals surface area (Å²) in [7, 11) is -3.69. The fraction of sp³-hybridized carbons (Fsp3) is 0.350. The molecule has 0 aliphatic carbocycles. The number of rotatable bonds is 7. The van der Waals surface area contributed by atoms with Gasteiger partial charge in [0.2, 0.25) is 11.8 Å². The van der Waals surface area contributed by atoms with Gasteiger partial charge in [-0.15, -0.1) is 16.4 Å². The molecule has 170 valence electrons. The highest BCUT2D eigenvalue weighted by molar-refractivity contribution is 7.91. The second-order valence-corrected chi connectivity index (χ2v) is 11.0. The van der Waals surface area contributed by atoms with Crippen LogP contribution in [0.3, 0.4) is 0 Å². The Morgan fingerprint density at radius 2 is 2.06 bits per heavy atom. The molecule has 1 atom stereocenters. The number of piperidine rings is 1. The SMILES string of the molecule is CCOc1ccc(-c2nnc(NC(=O)C3CCCN(S(=O)(=O)c4ccc(Cl)s4)C3)o2)cc1. The molecule has 2 aromatic heterocycles. The first-order valence-corrected chi connectivity index (χ1v) is 12.6. The zero-order valence-corrected chi connectivity index (χ0v) is 19.5. The summed E-state index contributed by atoms with van der Waals surface area (Å²) in [5, 5.41) is 10.5. The second-order valence-electron chi connectivity index (χ2n) is 7.12. The van der Waals surface area contributed by atoms with E-state index in [0.717, 1.165) is 17.1 Å². The molecule has 0 radical (unpaired) electrons. The lowest BCUT2D eigenvalue weighted by Gasteiger charge is -2.30. The van der Waals surface area contributed by atoms with Crippen molar-refractivity contribution in [3.8, 4) is 17.2 Å². The van der Waals surface area contributed by atoms with Gasteiger partial charge in [0.1, 0.15) is 9.96 Å². The lowest BCUT2D eigenvalue weighted by atomic mass is 9.99. The summed E-state index contributed by atoms with van der Waals surface area (Å²) in [5.41, 5.74) is 0.686. The second kappa shape index (κ2) is 9.57. The summed E-state index contributed by atoms with van der Waals surface area (Å²) in [6.45, 7) is 2.89. The monoisotopic (exact) mass is 496 g/mol. The zero-order valence-electron chi connectivity index (χ0n) is 17.2. The van der Waals surface area contributed by atoms with Crippen LogP contribution < -0.4 is 10.1 Å². The molecule has 4 rings (SSSR count). The number of ether oxygens (including phenoxy) is 1. The van der Waals surface area contributed by atoms with E-state index in [9.17, 15) is 13.2 Å². The Balaban J connectivity index is 1.41. The van der Waals surface area contributed by atoms with Crippen LogP contribution >= 0.6 is 22.9 Å². The number of amides is 1. The number of halogens is 1. The molecule has 0 bridgehead atoms. The van der Waals surface area contributed by atoms with Gasteiger partial charge in [0, 0.05) is 18.7 Å². The average Bonchev–Trinajstić information content (AvgIpc) is 3.44. The number of carbonyl (C=O) groups is 1. The van der Waals surface area contributed by atoms with Crippen molar-refractivity contribution in [1.82, 2.24) is 14.5 Å². The van der Waals surface area contributed by atoms with Crippen LogP contribution in [0.4, 0.5) is 6.01 Å². The van der Waals surface area contributed by atoms with E-state index in [4.69, 9.17) is 20.8 Å². The molecule has 0 spiro atoms. The number of nitrogens with zero attached hydrogens (tertiary/aromatic N) is 3. The van der Waals surface area contributed by atoms with Gasteiger partial charge in [-0.25, -0.2) is 8.42 Å². The van der Waals surface area contributed by atoms with Crippen molar-refractivity contribution in [2.24, 2.45) is 5.92 Å². The molecular weight excluding hydrogens is 476 g/mol. The highest BCUT2D eigenvalue weighted by atomic mass is 35.5. The number of nitrogens with one attached hydrogen (secondary N) is 1. The van der Waals surface area contributed by atoms with Crippen molar-refractivity contribution in [1.29, 1.82) is 0 Å². The highest BCUT2D eigenvalue weighted by Gasteiger charge is 2.34. The minimum absolute atomic E-state index is 0.0381. The van der Waals surface area contributed by atoms with Crippen LogP contribution in [0.5, 0.6) is 5.75 Å². The number of carbonyl (C=O) groups excluding carboxylic acids is 1. The van der Waals surface area contributed by atoms with Gasteiger partial charge in [-0.3, -0.25) is 10.1 Å². The Labute approximate surface area is 194 Å². The third kappa shape index (κ3) is 4.96. The third-order valence-corrected chi connectivity index (χ3v) is 8.53. The van der Waals surface area contributed by atoms with Crippen LogP contribution in [0, 0.1) is 5.92 Å². The standard InChI is InChI=1S/C20H21ClN4O5S2/c1-2-29-15-7-5-13(6-8-15)19-23-24-20(30-19)22-18(26)14-4-3-11-25(12-14)32(27,28)17-10-9-16(21)31-17/h5-10,14H,2-4,11-12H2,1H3,(H,22,24,26). The topological polar surface area (TPSA) is 115 Å². The molecule has 9 nitrogen and oxygen atoms in total. The quantitative estimate of drug-likeness (QED) is 0.527. The maximum Gasteiger partial charge on any atom is 0.322 e. The molecule has 1 amide bonds. The Hall–Kier alpha value is -2.47. The van der Waals surface area contributed by atoms with Crippen molar-refractivity contribution in [2.45, 2.75) is 24.0 Å². The number of aromatic nitrogens is 2. The van der Waals surface area contributed by atoms with Crippen LogP contribution in [0.1, 0.15) is 19.8 Å². The van der Waals surface area contributed by atoms with Crippen molar-refractivity contribution in [3.05, 3.63) is 40.7 Å². The van der Waals surface area contributed by atoms with E-state index in [1.807, 2.05) is 6.92 Å². The number of sulfonamides is 1. The summed E-state index contributed by atoms with van der Waals surface area (Å²) < 4.78 is 38.5. The van der Waals surface area contributed by atoms with Crippen LogP contribution in [0.25, 0.3) is 11.5 Å². The molecule has 1 N–H and O–H groups in total. The molecule has 1 unspecified atom stereocenters. The minimum atomic E-state index is -3.69. The summed E-state index contributed by atoms with van der Waals surface area (Å²) in [6, 6.07) is 10.1. The van der Waals surface area contributed by atoms with E-state index >= 15 is 0 Å². The van der Waals surface area contributed by atoms with E-state index in [-0.39, 0.29) is 28.6 Å².